The number of hydrogen-bond acceptors (Lipinski definition) is 3. The van der Waals surface area contributed by atoms with E-state index >= 15 is 0 Å². The van der Waals surface area contributed by atoms with Gasteiger partial charge in [0.1, 0.15) is 11.9 Å². The molecule has 29 heavy (non-hydrogen) atoms. The van der Waals surface area contributed by atoms with Gasteiger partial charge in [-0.1, -0.05) is 39.7 Å². The molecule has 3 atom stereocenters. The monoisotopic (exact) mass is 412 g/mol. The fraction of sp³-hybridized carbons (Fsp3) is 0.600. The van der Waals surface area contributed by atoms with Crippen molar-refractivity contribution in [3.05, 3.63) is 47.0 Å². The Balaban J connectivity index is 1.89. The lowest BCUT2D eigenvalue weighted by Crippen LogP contribution is -2.48. The molecule has 4 heteroatoms. The first kappa shape index (κ1) is 22.1. The molecule has 0 bridgehead atoms. The van der Waals surface area contributed by atoms with E-state index in [-0.39, 0.29) is 16.6 Å². The first-order chi connectivity index (χ1) is 13.5. The molecule has 0 saturated carbocycles. The summed E-state index contributed by atoms with van der Waals surface area (Å²) in [4.78, 5) is 0. The molecule has 0 spiro atoms. The van der Waals surface area contributed by atoms with Crippen molar-refractivity contribution in [3.8, 4) is 12.3 Å². The molecule has 2 aliphatic carbocycles. The normalized spacial score (nSPS) is 26.1. The van der Waals surface area contributed by atoms with E-state index in [1.165, 1.54) is 11.1 Å². The van der Waals surface area contributed by atoms with E-state index in [4.69, 9.17) is 15.3 Å². The Bertz CT molecular complexity index is 832. The van der Waals surface area contributed by atoms with Crippen LogP contribution in [0.15, 0.2) is 45.6 Å². The zero-order valence-electron chi connectivity index (χ0n) is 18.8. The van der Waals surface area contributed by atoms with E-state index in [0.717, 1.165) is 43.4 Å². The largest absolute Gasteiger partial charge is 0.469 e. The van der Waals surface area contributed by atoms with E-state index in [1.54, 1.807) is 6.26 Å². The third-order valence-electron chi connectivity index (χ3n) is 7.42. The van der Waals surface area contributed by atoms with Gasteiger partial charge in [0, 0.05) is 11.8 Å². The molecular formula is C25H36O3Si. The summed E-state index contributed by atoms with van der Waals surface area (Å²) in [5.41, 5.74) is 3.55. The van der Waals surface area contributed by atoms with E-state index in [1.807, 2.05) is 12.1 Å². The number of hydrogen-bond donors (Lipinski definition) is 1. The molecular weight excluding hydrogens is 376 g/mol. The number of allylic oxidation sites excluding steroid dienone is 1. The lowest BCUT2D eigenvalue weighted by atomic mass is 9.67. The second kappa shape index (κ2) is 7.94. The second-order valence-electron chi connectivity index (χ2n) is 10.3. The fourth-order valence-corrected chi connectivity index (χ4v) is 5.91. The smallest absolute Gasteiger partial charge is 0.192 e. The fourth-order valence-electron chi connectivity index (χ4n) is 4.48. The molecule has 1 heterocycles. The maximum atomic E-state index is 10.5. The SMILES string of the molecule is C#CC(O)C1=C(CCc2ccco2)C2=CC[C@H](O[Si](C)(C)C(C)(C)C)[C@@]2(C)CC1. The zero-order valence-corrected chi connectivity index (χ0v) is 19.8. The van der Waals surface area contributed by atoms with Crippen LogP contribution in [0.25, 0.3) is 0 Å². The summed E-state index contributed by atoms with van der Waals surface area (Å²) in [5.74, 6) is 3.51. The lowest BCUT2D eigenvalue weighted by Gasteiger charge is -2.46. The average molecular weight is 413 g/mol. The molecule has 0 aliphatic heterocycles. The van der Waals surface area contributed by atoms with Crippen LogP contribution in [-0.4, -0.2) is 25.6 Å². The standard InChI is InChI=1S/C25H36O3Si/c1-8-22(26)20-15-16-25(5)21(19(20)12-11-18-10-9-17-27-18)13-14-23(25)28-29(6,7)24(2,3)4/h1,9-10,13,17,22-23,26H,11-12,14-16H2,2-7H3/t22?,23-,25-/m0/s1. The van der Waals surface area contributed by atoms with Crippen molar-refractivity contribution in [3.63, 3.8) is 0 Å². The van der Waals surface area contributed by atoms with Crippen LogP contribution >= 0.6 is 0 Å². The van der Waals surface area contributed by atoms with Crippen molar-refractivity contribution in [1.29, 1.82) is 0 Å². The van der Waals surface area contributed by atoms with Gasteiger partial charge in [-0.15, -0.1) is 6.42 Å². The van der Waals surface area contributed by atoms with Gasteiger partial charge in [0.15, 0.2) is 8.32 Å². The van der Waals surface area contributed by atoms with Crippen LogP contribution in [0, 0.1) is 17.8 Å². The summed E-state index contributed by atoms with van der Waals surface area (Å²) in [6, 6.07) is 3.93. The van der Waals surface area contributed by atoms with Gasteiger partial charge in [-0.3, -0.25) is 0 Å². The van der Waals surface area contributed by atoms with Crippen LogP contribution in [0.5, 0.6) is 0 Å². The highest BCUT2D eigenvalue weighted by atomic mass is 28.4. The molecule has 0 fully saturated rings. The predicted molar refractivity (Wildman–Crippen MR) is 121 cm³/mol. The Morgan fingerprint density at radius 1 is 1.38 bits per heavy atom. The molecule has 3 nitrogen and oxygen atoms in total. The minimum absolute atomic E-state index is 0.0220. The first-order valence-electron chi connectivity index (χ1n) is 10.8. The third-order valence-corrected chi connectivity index (χ3v) is 11.9. The van der Waals surface area contributed by atoms with E-state index in [2.05, 4.69) is 52.8 Å². The predicted octanol–water partition coefficient (Wildman–Crippen LogP) is 6.02. The second-order valence-corrected chi connectivity index (χ2v) is 15.0. The number of aryl methyl sites for hydroxylation is 1. The van der Waals surface area contributed by atoms with Crippen molar-refractivity contribution >= 4 is 8.32 Å². The van der Waals surface area contributed by atoms with Crippen LogP contribution in [-0.2, 0) is 10.8 Å². The van der Waals surface area contributed by atoms with Crippen molar-refractivity contribution < 1.29 is 13.9 Å². The minimum Gasteiger partial charge on any atom is -0.469 e. The molecule has 158 valence electrons. The van der Waals surface area contributed by atoms with Gasteiger partial charge in [-0.2, -0.15) is 0 Å². The molecule has 0 saturated heterocycles. The Kier molecular flexibility index (Phi) is 6.07. The van der Waals surface area contributed by atoms with Crippen molar-refractivity contribution in [2.24, 2.45) is 5.41 Å². The highest BCUT2D eigenvalue weighted by molar-refractivity contribution is 6.74. The van der Waals surface area contributed by atoms with Crippen LogP contribution in [0.3, 0.4) is 0 Å². The molecule has 1 unspecified atom stereocenters. The van der Waals surface area contributed by atoms with Gasteiger partial charge in [0.2, 0.25) is 0 Å². The summed E-state index contributed by atoms with van der Waals surface area (Å²) in [6.45, 7) is 13.9. The molecule has 1 aromatic rings. The van der Waals surface area contributed by atoms with E-state index in [9.17, 15) is 5.11 Å². The van der Waals surface area contributed by atoms with Crippen molar-refractivity contribution in [2.45, 2.75) is 90.1 Å². The van der Waals surface area contributed by atoms with Crippen LogP contribution in [0.2, 0.25) is 18.1 Å². The summed E-state index contributed by atoms with van der Waals surface area (Å²) in [7, 11) is -1.87. The Hall–Kier alpha value is -1.54. The van der Waals surface area contributed by atoms with Crippen LogP contribution < -0.4 is 0 Å². The Morgan fingerprint density at radius 2 is 2.10 bits per heavy atom. The number of fused-ring (bicyclic) bond motifs is 1. The van der Waals surface area contributed by atoms with Gasteiger partial charge >= 0.3 is 0 Å². The van der Waals surface area contributed by atoms with Crippen molar-refractivity contribution in [2.75, 3.05) is 0 Å². The van der Waals surface area contributed by atoms with E-state index in [0.29, 0.717) is 0 Å². The van der Waals surface area contributed by atoms with E-state index < -0.39 is 14.4 Å². The molecule has 2 aliphatic rings. The summed E-state index contributed by atoms with van der Waals surface area (Å²) >= 11 is 0. The first-order valence-corrected chi connectivity index (χ1v) is 13.7. The van der Waals surface area contributed by atoms with Gasteiger partial charge in [-0.25, -0.2) is 0 Å². The zero-order chi connectivity index (χ0) is 21.4. The molecule has 0 radical (unpaired) electrons. The number of furan rings is 1. The highest BCUT2D eigenvalue weighted by Crippen LogP contribution is 2.55. The molecule has 1 N–H and O–H groups in total. The summed E-state index contributed by atoms with van der Waals surface area (Å²) in [5, 5.41) is 10.7. The maximum absolute atomic E-state index is 10.5. The van der Waals surface area contributed by atoms with Gasteiger partial charge in [-0.05, 0) is 72.7 Å². The molecule has 0 aromatic carbocycles. The number of aliphatic hydroxyl groups is 1. The van der Waals surface area contributed by atoms with Crippen LogP contribution in [0.4, 0.5) is 0 Å². The molecule has 1 aromatic heterocycles. The van der Waals surface area contributed by atoms with Gasteiger partial charge in [0.05, 0.1) is 12.4 Å². The number of terminal acetylenes is 1. The molecule has 3 rings (SSSR count). The lowest BCUT2D eigenvalue weighted by molar-refractivity contribution is 0.0785. The highest BCUT2D eigenvalue weighted by Gasteiger charge is 2.50. The molecule has 0 amide bonds. The Labute approximate surface area is 177 Å². The van der Waals surface area contributed by atoms with Gasteiger partial charge in [0.25, 0.3) is 0 Å². The van der Waals surface area contributed by atoms with Crippen molar-refractivity contribution in [1.82, 2.24) is 0 Å². The Morgan fingerprint density at radius 3 is 2.69 bits per heavy atom. The minimum atomic E-state index is -1.87. The average Bonchev–Trinajstić information content (AvgIpc) is 3.26. The topological polar surface area (TPSA) is 42.6 Å². The third kappa shape index (κ3) is 4.19. The summed E-state index contributed by atoms with van der Waals surface area (Å²) < 4.78 is 12.4. The van der Waals surface area contributed by atoms with Crippen LogP contribution in [0.1, 0.15) is 59.1 Å². The van der Waals surface area contributed by atoms with Gasteiger partial charge < -0.3 is 13.9 Å². The maximum Gasteiger partial charge on any atom is 0.192 e. The quantitative estimate of drug-likeness (QED) is 0.459. The number of aliphatic hydroxyl groups excluding tert-OH is 1. The summed E-state index contributed by atoms with van der Waals surface area (Å²) in [6.07, 6.45) is 13.4. The number of rotatable bonds is 6.